The van der Waals surface area contributed by atoms with Crippen LogP contribution in [0.4, 0.5) is 0 Å². The third kappa shape index (κ3) is 5.12. The molecule has 0 spiro atoms. The number of halogens is 1. The van der Waals surface area contributed by atoms with Crippen LogP contribution in [0, 0.1) is 0 Å². The summed E-state index contributed by atoms with van der Waals surface area (Å²) in [4.78, 5) is 2.18. The molecule has 1 aromatic rings. The van der Waals surface area contributed by atoms with Crippen LogP contribution in [-0.2, 0) is 0 Å². The van der Waals surface area contributed by atoms with Crippen molar-refractivity contribution in [3.05, 3.63) is 24.3 Å². The summed E-state index contributed by atoms with van der Waals surface area (Å²) in [5.74, 6) is 1.55. The average molecular weight is 275 g/mol. The van der Waals surface area contributed by atoms with E-state index in [-0.39, 0.29) is 12.4 Å². The zero-order valence-corrected chi connectivity index (χ0v) is 12.1. The molecule has 1 aromatic carbocycles. The molecule has 5 heteroatoms. The van der Waals surface area contributed by atoms with Crippen molar-refractivity contribution in [2.24, 2.45) is 5.73 Å². The Labute approximate surface area is 115 Å². The van der Waals surface area contributed by atoms with E-state index in [4.69, 9.17) is 15.2 Å². The smallest absolute Gasteiger partial charge is 0.161 e. The lowest BCUT2D eigenvalue weighted by Crippen LogP contribution is -2.37. The Bertz CT molecular complexity index is 337. The molecular formula is C13H23ClN2O2. The second kappa shape index (κ2) is 9.03. The highest BCUT2D eigenvalue weighted by Crippen LogP contribution is 2.25. The maximum atomic E-state index is 5.69. The molecule has 2 N–H and O–H groups in total. The first-order valence-electron chi connectivity index (χ1n) is 5.85. The third-order valence-electron chi connectivity index (χ3n) is 2.86. The number of likely N-dealkylation sites (N-methyl/N-ethyl adjacent to an activating group) is 1. The van der Waals surface area contributed by atoms with Crippen LogP contribution in [0.25, 0.3) is 0 Å². The topological polar surface area (TPSA) is 47.7 Å². The number of benzene rings is 1. The number of methoxy groups -OCH3 is 1. The largest absolute Gasteiger partial charge is 0.493 e. The maximum Gasteiger partial charge on any atom is 0.161 e. The molecule has 0 saturated heterocycles. The molecule has 18 heavy (non-hydrogen) atoms. The highest BCUT2D eigenvalue weighted by atomic mass is 35.5. The molecule has 1 unspecified atom stereocenters. The average Bonchev–Trinajstić information content (AvgIpc) is 2.38. The van der Waals surface area contributed by atoms with E-state index in [0.717, 1.165) is 18.0 Å². The number of hydrogen-bond donors (Lipinski definition) is 1. The molecule has 0 bridgehead atoms. The Morgan fingerprint density at radius 1 is 1.28 bits per heavy atom. The first-order chi connectivity index (χ1) is 8.19. The molecule has 0 amide bonds. The Kier molecular flexibility index (Phi) is 8.54. The summed E-state index contributed by atoms with van der Waals surface area (Å²) in [7, 11) is 3.69. The summed E-state index contributed by atoms with van der Waals surface area (Å²) in [5, 5.41) is 0. The Morgan fingerprint density at radius 3 is 2.44 bits per heavy atom. The predicted molar refractivity (Wildman–Crippen MR) is 76.9 cm³/mol. The minimum Gasteiger partial charge on any atom is -0.493 e. The highest BCUT2D eigenvalue weighted by molar-refractivity contribution is 5.85. The van der Waals surface area contributed by atoms with E-state index in [9.17, 15) is 0 Å². The SMILES string of the molecule is COc1ccccc1OCCN(C)C(C)CN.Cl. The van der Waals surface area contributed by atoms with Crippen LogP contribution in [0.2, 0.25) is 0 Å². The zero-order valence-electron chi connectivity index (χ0n) is 11.3. The number of nitrogens with zero attached hydrogens (tertiary/aromatic N) is 1. The number of nitrogens with two attached hydrogens (primary N) is 1. The lowest BCUT2D eigenvalue weighted by Gasteiger charge is -2.23. The Hall–Kier alpha value is -0.970. The molecule has 0 fully saturated rings. The van der Waals surface area contributed by atoms with Gasteiger partial charge in [0.2, 0.25) is 0 Å². The summed E-state index contributed by atoms with van der Waals surface area (Å²) < 4.78 is 10.9. The third-order valence-corrected chi connectivity index (χ3v) is 2.86. The molecule has 0 aliphatic heterocycles. The van der Waals surface area contributed by atoms with Crippen molar-refractivity contribution in [1.82, 2.24) is 4.90 Å². The van der Waals surface area contributed by atoms with E-state index in [1.165, 1.54) is 0 Å². The van der Waals surface area contributed by atoms with Crippen LogP contribution < -0.4 is 15.2 Å². The fraction of sp³-hybridized carbons (Fsp3) is 0.538. The van der Waals surface area contributed by atoms with Gasteiger partial charge in [0.05, 0.1) is 7.11 Å². The van der Waals surface area contributed by atoms with Gasteiger partial charge in [-0.15, -0.1) is 12.4 Å². The Morgan fingerprint density at radius 2 is 1.89 bits per heavy atom. The van der Waals surface area contributed by atoms with Gasteiger partial charge in [0, 0.05) is 19.1 Å². The minimum absolute atomic E-state index is 0. The molecule has 104 valence electrons. The standard InChI is InChI=1S/C13H22N2O2.ClH/c1-11(10-14)15(2)8-9-17-13-7-5-4-6-12(13)16-3;/h4-7,11H,8-10,14H2,1-3H3;1H. The van der Waals surface area contributed by atoms with E-state index >= 15 is 0 Å². The van der Waals surface area contributed by atoms with Crippen LogP contribution in [0.3, 0.4) is 0 Å². The molecule has 0 heterocycles. The second-order valence-electron chi connectivity index (χ2n) is 4.06. The lowest BCUT2D eigenvalue weighted by molar-refractivity contribution is 0.199. The quantitative estimate of drug-likeness (QED) is 0.823. The number of para-hydroxylation sites is 2. The van der Waals surface area contributed by atoms with Gasteiger partial charge in [0.1, 0.15) is 6.61 Å². The molecule has 1 atom stereocenters. The van der Waals surface area contributed by atoms with Crippen molar-refractivity contribution < 1.29 is 9.47 Å². The van der Waals surface area contributed by atoms with E-state index in [1.807, 2.05) is 31.3 Å². The zero-order chi connectivity index (χ0) is 12.7. The fourth-order valence-corrected chi connectivity index (χ4v) is 1.44. The first-order valence-corrected chi connectivity index (χ1v) is 5.85. The van der Waals surface area contributed by atoms with E-state index in [0.29, 0.717) is 19.2 Å². The fourth-order valence-electron chi connectivity index (χ4n) is 1.44. The maximum absolute atomic E-state index is 5.69. The van der Waals surface area contributed by atoms with Crippen molar-refractivity contribution in [1.29, 1.82) is 0 Å². The predicted octanol–water partition coefficient (Wildman–Crippen LogP) is 1.77. The van der Waals surface area contributed by atoms with Crippen LogP contribution in [0.15, 0.2) is 24.3 Å². The number of rotatable bonds is 7. The van der Waals surface area contributed by atoms with E-state index in [2.05, 4.69) is 11.8 Å². The lowest BCUT2D eigenvalue weighted by atomic mass is 10.3. The van der Waals surface area contributed by atoms with Crippen molar-refractivity contribution in [2.45, 2.75) is 13.0 Å². The van der Waals surface area contributed by atoms with Crippen LogP contribution in [0.5, 0.6) is 11.5 Å². The van der Waals surface area contributed by atoms with Gasteiger partial charge in [-0.1, -0.05) is 12.1 Å². The van der Waals surface area contributed by atoms with Gasteiger partial charge in [-0.3, -0.25) is 4.90 Å². The van der Waals surface area contributed by atoms with Gasteiger partial charge < -0.3 is 15.2 Å². The number of ether oxygens (including phenoxy) is 2. The molecule has 0 radical (unpaired) electrons. The van der Waals surface area contributed by atoms with Gasteiger partial charge >= 0.3 is 0 Å². The molecule has 0 aliphatic rings. The van der Waals surface area contributed by atoms with Gasteiger partial charge in [-0.05, 0) is 26.1 Å². The van der Waals surface area contributed by atoms with E-state index in [1.54, 1.807) is 7.11 Å². The monoisotopic (exact) mass is 274 g/mol. The van der Waals surface area contributed by atoms with Gasteiger partial charge in [-0.25, -0.2) is 0 Å². The van der Waals surface area contributed by atoms with Crippen LogP contribution in [0.1, 0.15) is 6.92 Å². The highest BCUT2D eigenvalue weighted by Gasteiger charge is 2.07. The summed E-state index contributed by atoms with van der Waals surface area (Å²) in [6.07, 6.45) is 0. The molecular weight excluding hydrogens is 252 g/mol. The van der Waals surface area contributed by atoms with Crippen molar-refractivity contribution in [2.75, 3.05) is 33.9 Å². The van der Waals surface area contributed by atoms with Crippen molar-refractivity contribution >= 4 is 12.4 Å². The van der Waals surface area contributed by atoms with Gasteiger partial charge in [0.25, 0.3) is 0 Å². The van der Waals surface area contributed by atoms with Gasteiger partial charge in [0.15, 0.2) is 11.5 Å². The molecule has 0 aliphatic carbocycles. The molecule has 4 nitrogen and oxygen atoms in total. The molecule has 0 aromatic heterocycles. The van der Waals surface area contributed by atoms with E-state index < -0.39 is 0 Å². The second-order valence-corrected chi connectivity index (χ2v) is 4.06. The Balaban J connectivity index is 0.00000289. The summed E-state index contributed by atoms with van der Waals surface area (Å²) in [5.41, 5.74) is 5.60. The summed E-state index contributed by atoms with van der Waals surface area (Å²) in [6, 6.07) is 8.03. The molecule has 1 rings (SSSR count). The first kappa shape index (κ1) is 17.0. The van der Waals surface area contributed by atoms with Crippen molar-refractivity contribution in [3.8, 4) is 11.5 Å². The molecule has 0 saturated carbocycles. The minimum atomic E-state index is 0. The van der Waals surface area contributed by atoms with Crippen molar-refractivity contribution in [3.63, 3.8) is 0 Å². The van der Waals surface area contributed by atoms with Crippen LogP contribution >= 0.6 is 12.4 Å². The normalized spacial score (nSPS) is 11.8. The van der Waals surface area contributed by atoms with Crippen LogP contribution in [-0.4, -0.2) is 44.8 Å². The number of hydrogen-bond acceptors (Lipinski definition) is 4. The summed E-state index contributed by atoms with van der Waals surface area (Å²) >= 11 is 0. The van der Waals surface area contributed by atoms with Gasteiger partial charge in [-0.2, -0.15) is 0 Å². The summed E-state index contributed by atoms with van der Waals surface area (Å²) in [6.45, 7) is 4.23.